The summed E-state index contributed by atoms with van der Waals surface area (Å²) in [6.07, 6.45) is 5.11. The van der Waals surface area contributed by atoms with E-state index in [4.69, 9.17) is 8.85 Å². The van der Waals surface area contributed by atoms with Gasteiger partial charge in [-0.25, -0.2) is 0 Å². The maximum absolute atomic E-state index is 10.9. The van der Waals surface area contributed by atoms with Gasteiger partial charge in [-0.3, -0.25) is 4.79 Å². The molecule has 0 unspecified atom stereocenters. The molecule has 0 amide bonds. The van der Waals surface area contributed by atoms with Crippen molar-refractivity contribution in [2.45, 2.75) is 31.7 Å². The molecule has 0 spiro atoms. The molecular weight excluding hydrogens is 196 g/mol. The fourth-order valence-electron chi connectivity index (χ4n) is 1.22. The van der Waals surface area contributed by atoms with Crippen molar-refractivity contribution in [2.24, 2.45) is 0 Å². The van der Waals surface area contributed by atoms with Crippen LogP contribution in [0.2, 0.25) is 6.04 Å². The average molecular weight is 216 g/mol. The fourth-order valence-corrected chi connectivity index (χ4v) is 2.51. The Morgan fingerprint density at radius 1 is 1.29 bits per heavy atom. The largest absolute Gasteiger partial charge is 0.400 e. The normalized spacial score (nSPS) is 10.5. The van der Waals surface area contributed by atoms with Crippen LogP contribution in [-0.4, -0.2) is 29.3 Å². The van der Waals surface area contributed by atoms with E-state index in [1.165, 1.54) is 6.08 Å². The molecule has 82 valence electrons. The summed E-state index contributed by atoms with van der Waals surface area (Å²) in [6.45, 7) is 3.43. The second-order valence-corrected chi connectivity index (χ2v) is 5.55. The molecule has 3 nitrogen and oxygen atoms in total. The van der Waals surface area contributed by atoms with E-state index in [0.717, 1.165) is 25.3 Å². The molecule has 14 heavy (non-hydrogen) atoms. The smallest absolute Gasteiger partial charge is 0.320 e. The summed E-state index contributed by atoms with van der Waals surface area (Å²) in [5.74, 6) is 0.136. The fraction of sp³-hybridized carbons (Fsp3) is 0.700. The molecule has 0 N–H and O–H groups in total. The van der Waals surface area contributed by atoms with Crippen LogP contribution in [0.5, 0.6) is 0 Å². The zero-order chi connectivity index (χ0) is 10.8. The molecule has 0 aliphatic rings. The Morgan fingerprint density at radius 3 is 2.43 bits per heavy atom. The zero-order valence-electron chi connectivity index (χ0n) is 9.12. The molecule has 0 fully saturated rings. The SMILES string of the molecule is C=CC(=O)CCCCC[SiH](OC)OC. The lowest BCUT2D eigenvalue weighted by atomic mass is 10.1. The summed E-state index contributed by atoms with van der Waals surface area (Å²) in [5.41, 5.74) is 0. The second-order valence-electron chi connectivity index (χ2n) is 3.17. The Balaban J connectivity index is 3.28. The van der Waals surface area contributed by atoms with Gasteiger partial charge in [-0.2, -0.15) is 0 Å². The Kier molecular flexibility index (Phi) is 8.82. The van der Waals surface area contributed by atoms with Crippen LogP contribution in [0.25, 0.3) is 0 Å². The Morgan fingerprint density at radius 2 is 1.93 bits per heavy atom. The number of rotatable bonds is 9. The van der Waals surface area contributed by atoms with Crippen LogP contribution in [0, 0.1) is 0 Å². The third kappa shape index (κ3) is 7.00. The molecule has 0 aliphatic carbocycles. The Hall–Kier alpha value is -0.453. The number of carbonyl (C=O) groups is 1. The van der Waals surface area contributed by atoms with Gasteiger partial charge in [0.25, 0.3) is 0 Å². The minimum atomic E-state index is -1.37. The van der Waals surface area contributed by atoms with E-state index in [0.29, 0.717) is 6.42 Å². The topological polar surface area (TPSA) is 35.5 Å². The zero-order valence-corrected chi connectivity index (χ0v) is 10.3. The molecule has 0 saturated heterocycles. The highest BCUT2D eigenvalue weighted by molar-refractivity contribution is 6.44. The first-order valence-corrected chi connectivity index (χ1v) is 6.71. The first kappa shape index (κ1) is 13.5. The van der Waals surface area contributed by atoms with Gasteiger partial charge in [-0.1, -0.05) is 19.4 Å². The van der Waals surface area contributed by atoms with Gasteiger partial charge in [0, 0.05) is 20.6 Å². The van der Waals surface area contributed by atoms with Gasteiger partial charge in [0.2, 0.25) is 0 Å². The van der Waals surface area contributed by atoms with Gasteiger partial charge in [0.15, 0.2) is 5.78 Å². The van der Waals surface area contributed by atoms with E-state index >= 15 is 0 Å². The molecule has 4 heteroatoms. The molecule has 0 aromatic rings. The van der Waals surface area contributed by atoms with E-state index in [2.05, 4.69) is 6.58 Å². The van der Waals surface area contributed by atoms with Gasteiger partial charge >= 0.3 is 9.28 Å². The van der Waals surface area contributed by atoms with Crippen molar-refractivity contribution in [1.82, 2.24) is 0 Å². The lowest BCUT2D eigenvalue weighted by molar-refractivity contribution is -0.114. The molecule has 0 radical (unpaired) electrons. The van der Waals surface area contributed by atoms with Gasteiger partial charge in [-0.05, 0) is 18.5 Å². The van der Waals surface area contributed by atoms with Crippen molar-refractivity contribution in [2.75, 3.05) is 14.2 Å². The molecule has 0 heterocycles. The van der Waals surface area contributed by atoms with Crippen molar-refractivity contribution in [3.8, 4) is 0 Å². The minimum absolute atomic E-state index is 0.136. The van der Waals surface area contributed by atoms with Crippen LogP contribution in [-0.2, 0) is 13.6 Å². The summed E-state index contributed by atoms with van der Waals surface area (Å²) in [6, 6.07) is 1.02. The van der Waals surface area contributed by atoms with E-state index in [1.54, 1.807) is 14.2 Å². The molecule has 0 bridgehead atoms. The molecule has 0 atom stereocenters. The summed E-state index contributed by atoms with van der Waals surface area (Å²) < 4.78 is 10.4. The second kappa shape index (κ2) is 9.12. The van der Waals surface area contributed by atoms with E-state index in [1.807, 2.05) is 0 Å². The van der Waals surface area contributed by atoms with Crippen LogP contribution in [0.3, 0.4) is 0 Å². The van der Waals surface area contributed by atoms with E-state index < -0.39 is 9.28 Å². The number of hydrogen-bond donors (Lipinski definition) is 0. The third-order valence-corrected chi connectivity index (χ3v) is 4.05. The van der Waals surface area contributed by atoms with Crippen LogP contribution >= 0.6 is 0 Å². The highest BCUT2D eigenvalue weighted by Gasteiger charge is 2.08. The summed E-state index contributed by atoms with van der Waals surface area (Å²) in [5, 5.41) is 0. The van der Waals surface area contributed by atoms with Crippen LogP contribution in [0.15, 0.2) is 12.7 Å². The number of hydrogen-bond acceptors (Lipinski definition) is 3. The Bertz CT molecular complexity index is 167. The predicted octanol–water partition coefficient (Wildman–Crippen LogP) is 1.82. The monoisotopic (exact) mass is 216 g/mol. The van der Waals surface area contributed by atoms with E-state index in [9.17, 15) is 4.79 Å². The highest BCUT2D eigenvalue weighted by atomic mass is 28.3. The maximum Gasteiger partial charge on any atom is 0.320 e. The molecule has 0 aromatic carbocycles. The standard InChI is InChI=1S/C10H20O3Si/c1-4-10(11)8-6-5-7-9-14(12-2)13-3/h4,14H,1,5-9H2,2-3H3. The summed E-state index contributed by atoms with van der Waals surface area (Å²) in [4.78, 5) is 10.9. The van der Waals surface area contributed by atoms with Crippen molar-refractivity contribution in [1.29, 1.82) is 0 Å². The van der Waals surface area contributed by atoms with Gasteiger partial charge in [0.05, 0.1) is 0 Å². The van der Waals surface area contributed by atoms with E-state index in [-0.39, 0.29) is 5.78 Å². The quantitative estimate of drug-likeness (QED) is 0.335. The highest BCUT2D eigenvalue weighted by Crippen LogP contribution is 2.07. The number of unbranched alkanes of at least 4 members (excludes halogenated alkanes) is 2. The van der Waals surface area contributed by atoms with Crippen molar-refractivity contribution >= 4 is 15.1 Å². The number of ketones is 1. The molecule has 0 rings (SSSR count). The van der Waals surface area contributed by atoms with Crippen molar-refractivity contribution in [3.63, 3.8) is 0 Å². The van der Waals surface area contributed by atoms with Crippen LogP contribution in [0.1, 0.15) is 25.7 Å². The summed E-state index contributed by atoms with van der Waals surface area (Å²) >= 11 is 0. The predicted molar refractivity (Wildman–Crippen MR) is 59.6 cm³/mol. The lowest BCUT2D eigenvalue weighted by Gasteiger charge is -2.09. The van der Waals surface area contributed by atoms with Crippen LogP contribution in [0.4, 0.5) is 0 Å². The molecule has 0 saturated carbocycles. The van der Waals surface area contributed by atoms with Crippen LogP contribution < -0.4 is 0 Å². The first-order chi connectivity index (χ1) is 6.74. The van der Waals surface area contributed by atoms with Crippen molar-refractivity contribution in [3.05, 3.63) is 12.7 Å². The number of allylic oxidation sites excluding steroid dienone is 1. The Labute approximate surface area is 87.9 Å². The average Bonchev–Trinajstić information content (AvgIpc) is 2.23. The third-order valence-electron chi connectivity index (χ3n) is 2.12. The number of carbonyl (C=O) groups excluding carboxylic acids is 1. The first-order valence-electron chi connectivity index (χ1n) is 4.95. The lowest BCUT2D eigenvalue weighted by Crippen LogP contribution is -2.18. The van der Waals surface area contributed by atoms with Crippen molar-refractivity contribution < 1.29 is 13.6 Å². The van der Waals surface area contributed by atoms with Gasteiger partial charge in [-0.15, -0.1) is 0 Å². The van der Waals surface area contributed by atoms with Gasteiger partial charge in [0.1, 0.15) is 0 Å². The molecule has 0 aromatic heterocycles. The maximum atomic E-state index is 10.9. The minimum Gasteiger partial charge on any atom is -0.400 e. The summed E-state index contributed by atoms with van der Waals surface area (Å²) in [7, 11) is 2.02. The molecular formula is C10H20O3Si. The molecule has 0 aliphatic heterocycles. The van der Waals surface area contributed by atoms with Gasteiger partial charge < -0.3 is 8.85 Å².